The molecule has 3 nitrogen and oxygen atoms in total. The molecule has 3 rings (SSSR count). The summed E-state index contributed by atoms with van der Waals surface area (Å²) in [5.74, 6) is 0.282. The predicted octanol–water partition coefficient (Wildman–Crippen LogP) is 4.47. The quantitative estimate of drug-likeness (QED) is 0.399. The van der Waals surface area contributed by atoms with Gasteiger partial charge in [-0.25, -0.2) is 4.98 Å². The van der Waals surface area contributed by atoms with Crippen molar-refractivity contribution < 1.29 is 5.11 Å². The molecule has 3 aromatic rings. The maximum atomic E-state index is 9.48. The average Bonchev–Trinajstić information content (AvgIpc) is 2.83. The number of phenols is 1. The first-order valence-corrected chi connectivity index (χ1v) is 8.10. The molecular formula is C14H11IN2OS. The number of phenolic OH excluding ortho intramolecular Hbond substituents is 1. The molecule has 0 atom stereocenters. The minimum atomic E-state index is 0.282. The Bertz CT molecular complexity index is 709. The highest BCUT2D eigenvalue weighted by molar-refractivity contribution is 14.1. The zero-order valence-corrected chi connectivity index (χ0v) is 12.9. The van der Waals surface area contributed by atoms with Crippen LogP contribution in [0.5, 0.6) is 5.75 Å². The number of nitrogens with one attached hydrogen (secondary N) is 1. The van der Waals surface area contributed by atoms with Crippen LogP contribution in [0.4, 0.5) is 5.69 Å². The molecule has 0 saturated heterocycles. The Kier molecular flexibility index (Phi) is 3.56. The SMILES string of the molecule is Oc1ccc2nc(-c3ccc(NCI)cc3)sc2c1. The van der Waals surface area contributed by atoms with E-state index in [1.54, 1.807) is 23.5 Å². The van der Waals surface area contributed by atoms with Gasteiger partial charge >= 0.3 is 0 Å². The molecule has 0 aliphatic heterocycles. The molecule has 0 aliphatic carbocycles. The number of aromatic nitrogens is 1. The van der Waals surface area contributed by atoms with Gasteiger partial charge in [-0.3, -0.25) is 0 Å². The predicted molar refractivity (Wildman–Crippen MR) is 89.2 cm³/mol. The third-order valence-corrected chi connectivity index (χ3v) is 4.22. The maximum Gasteiger partial charge on any atom is 0.124 e. The third-order valence-electron chi connectivity index (χ3n) is 2.77. The number of rotatable bonds is 3. The first-order valence-electron chi connectivity index (χ1n) is 5.76. The average molecular weight is 382 g/mol. The van der Waals surface area contributed by atoms with Gasteiger partial charge in [0.2, 0.25) is 0 Å². The lowest BCUT2D eigenvalue weighted by molar-refractivity contribution is 0.476. The lowest BCUT2D eigenvalue weighted by Crippen LogP contribution is -1.92. The molecule has 5 heteroatoms. The lowest BCUT2D eigenvalue weighted by atomic mass is 10.2. The van der Waals surface area contributed by atoms with Gasteiger partial charge in [0.1, 0.15) is 10.8 Å². The van der Waals surface area contributed by atoms with Gasteiger partial charge in [0.15, 0.2) is 0 Å². The highest BCUT2D eigenvalue weighted by Crippen LogP contribution is 2.32. The zero-order valence-electron chi connectivity index (χ0n) is 9.93. The molecule has 0 amide bonds. The van der Waals surface area contributed by atoms with Gasteiger partial charge in [-0.15, -0.1) is 11.3 Å². The number of anilines is 1. The number of hydrogen-bond donors (Lipinski definition) is 2. The Morgan fingerprint density at radius 2 is 1.95 bits per heavy atom. The van der Waals surface area contributed by atoms with Crippen molar-refractivity contribution in [3.63, 3.8) is 0 Å². The Morgan fingerprint density at radius 1 is 1.16 bits per heavy atom. The van der Waals surface area contributed by atoms with Gasteiger partial charge in [0, 0.05) is 11.3 Å². The smallest absolute Gasteiger partial charge is 0.124 e. The van der Waals surface area contributed by atoms with Crippen LogP contribution in [0.3, 0.4) is 0 Å². The second-order valence-electron chi connectivity index (χ2n) is 4.06. The molecule has 2 aromatic carbocycles. The minimum absolute atomic E-state index is 0.282. The van der Waals surface area contributed by atoms with Crippen LogP contribution in [-0.2, 0) is 0 Å². The summed E-state index contributed by atoms with van der Waals surface area (Å²) in [5.41, 5.74) is 3.13. The summed E-state index contributed by atoms with van der Waals surface area (Å²) >= 11 is 3.87. The van der Waals surface area contributed by atoms with E-state index in [2.05, 4.69) is 57.2 Å². The van der Waals surface area contributed by atoms with Crippen LogP contribution in [0, 0.1) is 0 Å². The second kappa shape index (κ2) is 5.34. The molecule has 0 unspecified atom stereocenters. The number of thiazole rings is 1. The van der Waals surface area contributed by atoms with Crippen LogP contribution in [0.2, 0.25) is 0 Å². The lowest BCUT2D eigenvalue weighted by Gasteiger charge is -2.02. The molecule has 2 N–H and O–H groups in total. The fourth-order valence-electron chi connectivity index (χ4n) is 1.84. The molecule has 1 aromatic heterocycles. The van der Waals surface area contributed by atoms with Gasteiger partial charge in [0.05, 0.1) is 14.8 Å². The molecule has 0 saturated carbocycles. The summed E-state index contributed by atoms with van der Waals surface area (Å²) in [6.07, 6.45) is 0. The molecule has 96 valence electrons. The number of alkyl halides is 1. The Balaban J connectivity index is 1.99. The molecule has 0 aliphatic rings. The van der Waals surface area contributed by atoms with Crippen molar-refractivity contribution >= 4 is 49.8 Å². The van der Waals surface area contributed by atoms with E-state index in [1.807, 2.05) is 6.07 Å². The van der Waals surface area contributed by atoms with Gasteiger partial charge in [-0.05, 0) is 42.5 Å². The van der Waals surface area contributed by atoms with Crippen molar-refractivity contribution in [2.45, 2.75) is 0 Å². The van der Waals surface area contributed by atoms with Crippen molar-refractivity contribution in [3.8, 4) is 16.3 Å². The minimum Gasteiger partial charge on any atom is -0.508 e. The van der Waals surface area contributed by atoms with Gasteiger partial charge in [0.25, 0.3) is 0 Å². The number of hydrogen-bond acceptors (Lipinski definition) is 4. The summed E-state index contributed by atoms with van der Waals surface area (Å²) in [4.78, 5) is 4.59. The van der Waals surface area contributed by atoms with Crippen molar-refractivity contribution in [2.24, 2.45) is 0 Å². The van der Waals surface area contributed by atoms with Crippen LogP contribution in [0.1, 0.15) is 0 Å². The van der Waals surface area contributed by atoms with E-state index in [-0.39, 0.29) is 5.75 Å². The number of fused-ring (bicyclic) bond motifs is 1. The molecule has 0 bridgehead atoms. The highest BCUT2D eigenvalue weighted by atomic mass is 127. The molecule has 0 fully saturated rings. The van der Waals surface area contributed by atoms with Crippen molar-refractivity contribution in [2.75, 3.05) is 9.87 Å². The first-order chi connectivity index (χ1) is 9.26. The summed E-state index contributed by atoms with van der Waals surface area (Å²) in [7, 11) is 0. The molecule has 1 heterocycles. The van der Waals surface area contributed by atoms with Crippen LogP contribution in [0.15, 0.2) is 42.5 Å². The Hall–Kier alpha value is -1.34. The standard InChI is InChI=1S/C14H11IN2OS/c15-8-16-10-3-1-9(2-4-10)14-17-12-6-5-11(18)7-13(12)19-14/h1-7,16,18H,8H2. The zero-order chi connectivity index (χ0) is 13.2. The number of aromatic hydroxyl groups is 1. The van der Waals surface area contributed by atoms with Crippen molar-refractivity contribution in [1.82, 2.24) is 4.98 Å². The van der Waals surface area contributed by atoms with E-state index in [0.717, 1.165) is 31.0 Å². The van der Waals surface area contributed by atoms with Crippen LogP contribution >= 0.6 is 33.9 Å². The normalized spacial score (nSPS) is 10.8. The number of nitrogens with zero attached hydrogens (tertiary/aromatic N) is 1. The third kappa shape index (κ3) is 2.66. The topological polar surface area (TPSA) is 45.2 Å². The Labute approximate surface area is 128 Å². The fourth-order valence-corrected chi connectivity index (χ4v) is 3.29. The van der Waals surface area contributed by atoms with Crippen molar-refractivity contribution in [3.05, 3.63) is 42.5 Å². The fraction of sp³-hybridized carbons (Fsp3) is 0.0714. The van der Waals surface area contributed by atoms with Crippen molar-refractivity contribution in [1.29, 1.82) is 0 Å². The van der Waals surface area contributed by atoms with Crippen LogP contribution in [-0.4, -0.2) is 14.6 Å². The molecule has 0 radical (unpaired) electrons. The van der Waals surface area contributed by atoms with Gasteiger partial charge < -0.3 is 10.4 Å². The van der Waals surface area contributed by atoms with E-state index in [4.69, 9.17) is 0 Å². The molecule has 19 heavy (non-hydrogen) atoms. The maximum absolute atomic E-state index is 9.48. The second-order valence-corrected chi connectivity index (χ2v) is 5.85. The van der Waals surface area contributed by atoms with E-state index in [1.165, 1.54) is 0 Å². The van der Waals surface area contributed by atoms with E-state index in [9.17, 15) is 5.11 Å². The van der Waals surface area contributed by atoms with Crippen LogP contribution in [0.25, 0.3) is 20.8 Å². The Morgan fingerprint density at radius 3 is 2.68 bits per heavy atom. The van der Waals surface area contributed by atoms with Crippen LogP contribution < -0.4 is 5.32 Å². The van der Waals surface area contributed by atoms with E-state index >= 15 is 0 Å². The summed E-state index contributed by atoms with van der Waals surface area (Å²) in [6.45, 7) is 0. The molecule has 0 spiro atoms. The summed E-state index contributed by atoms with van der Waals surface area (Å²) in [6, 6.07) is 13.5. The largest absolute Gasteiger partial charge is 0.508 e. The number of benzene rings is 2. The first kappa shape index (κ1) is 12.7. The number of halogens is 1. The van der Waals surface area contributed by atoms with E-state index < -0.39 is 0 Å². The van der Waals surface area contributed by atoms with Gasteiger partial charge in [-0.2, -0.15) is 0 Å². The highest BCUT2D eigenvalue weighted by Gasteiger charge is 2.06. The molecular weight excluding hydrogens is 371 g/mol. The van der Waals surface area contributed by atoms with E-state index in [0.29, 0.717) is 0 Å². The monoisotopic (exact) mass is 382 g/mol. The summed E-state index contributed by atoms with van der Waals surface area (Å²) < 4.78 is 1.89. The summed E-state index contributed by atoms with van der Waals surface area (Å²) in [5, 5.41) is 13.7. The van der Waals surface area contributed by atoms with Gasteiger partial charge in [-0.1, -0.05) is 22.6 Å².